The lowest BCUT2D eigenvalue weighted by atomic mass is 9.94. The Bertz CT molecular complexity index is 905. The van der Waals surface area contributed by atoms with E-state index in [2.05, 4.69) is 36.3 Å². The second kappa shape index (κ2) is 7.84. The van der Waals surface area contributed by atoms with Crippen molar-refractivity contribution in [3.05, 3.63) is 59.9 Å². The lowest BCUT2D eigenvalue weighted by molar-refractivity contribution is 0.194. The van der Waals surface area contributed by atoms with Crippen LogP contribution in [0.1, 0.15) is 35.7 Å². The molecular weight excluding hydrogens is 338 g/mol. The van der Waals surface area contributed by atoms with Crippen LogP contribution in [0.3, 0.4) is 0 Å². The average Bonchev–Trinajstić information content (AvgIpc) is 3.09. The molecule has 1 aliphatic heterocycles. The van der Waals surface area contributed by atoms with Gasteiger partial charge in [0.25, 0.3) is 0 Å². The van der Waals surface area contributed by atoms with E-state index >= 15 is 0 Å². The Morgan fingerprint density at radius 1 is 1.07 bits per heavy atom. The zero-order chi connectivity index (χ0) is 18.6. The summed E-state index contributed by atoms with van der Waals surface area (Å²) in [6.45, 7) is 5.03. The van der Waals surface area contributed by atoms with Crippen LogP contribution >= 0.6 is 0 Å². The number of rotatable bonds is 5. The fraction of sp³-hybridized carbons (Fsp3) is 0.400. The second-order valence-electron chi connectivity index (χ2n) is 7.10. The first-order valence-corrected chi connectivity index (χ1v) is 9.39. The number of hydrogen-bond acceptors (Lipinski definition) is 6. The van der Waals surface area contributed by atoms with Gasteiger partial charge in [0.1, 0.15) is 5.82 Å². The standard InChI is InChI=1S/C20H25N7/c1-15-5-3-8-22-19(15)25-20-18(21-10-11-23-20)16-6-4-12-27(13-16)14-17-7-9-24-26(17)2/h3,5,7-11,16H,4,6,12-14H2,1-2H3,(H,22,23,25)/t16-/m1/s1. The molecule has 7 nitrogen and oxygen atoms in total. The Morgan fingerprint density at radius 2 is 1.93 bits per heavy atom. The van der Waals surface area contributed by atoms with Gasteiger partial charge in [0.05, 0.1) is 11.4 Å². The molecule has 3 aromatic rings. The van der Waals surface area contributed by atoms with Gasteiger partial charge in [-0.05, 0) is 44.0 Å². The van der Waals surface area contributed by atoms with Gasteiger partial charge >= 0.3 is 0 Å². The molecule has 1 atom stereocenters. The van der Waals surface area contributed by atoms with E-state index in [4.69, 9.17) is 0 Å². The average molecular weight is 363 g/mol. The van der Waals surface area contributed by atoms with Gasteiger partial charge in [0, 0.05) is 50.8 Å². The summed E-state index contributed by atoms with van der Waals surface area (Å²) in [5, 5.41) is 7.67. The molecule has 3 aromatic heterocycles. The van der Waals surface area contributed by atoms with Crippen LogP contribution in [0.15, 0.2) is 43.0 Å². The van der Waals surface area contributed by atoms with Crippen LogP contribution < -0.4 is 5.32 Å². The van der Waals surface area contributed by atoms with Crippen LogP contribution in [-0.4, -0.2) is 42.7 Å². The summed E-state index contributed by atoms with van der Waals surface area (Å²) in [5.41, 5.74) is 3.35. The topological polar surface area (TPSA) is 71.8 Å². The molecule has 1 N–H and O–H groups in total. The summed E-state index contributed by atoms with van der Waals surface area (Å²) >= 11 is 0. The summed E-state index contributed by atoms with van der Waals surface area (Å²) in [7, 11) is 2.00. The number of nitrogens with zero attached hydrogens (tertiary/aromatic N) is 6. The Labute approximate surface area is 159 Å². The fourth-order valence-electron chi connectivity index (χ4n) is 3.68. The van der Waals surface area contributed by atoms with E-state index in [1.807, 2.05) is 37.0 Å². The van der Waals surface area contributed by atoms with Crippen LogP contribution in [0.5, 0.6) is 0 Å². The number of likely N-dealkylation sites (tertiary alicyclic amines) is 1. The number of nitrogens with one attached hydrogen (secondary N) is 1. The van der Waals surface area contributed by atoms with Crippen LogP contribution in [-0.2, 0) is 13.6 Å². The Kier molecular flexibility index (Phi) is 5.11. The highest BCUT2D eigenvalue weighted by atomic mass is 15.3. The maximum atomic E-state index is 4.68. The van der Waals surface area contributed by atoms with Crippen molar-refractivity contribution in [3.63, 3.8) is 0 Å². The molecule has 0 bridgehead atoms. The maximum absolute atomic E-state index is 4.68. The van der Waals surface area contributed by atoms with Crippen LogP contribution in [0.4, 0.5) is 11.6 Å². The maximum Gasteiger partial charge on any atom is 0.153 e. The van der Waals surface area contributed by atoms with E-state index in [0.29, 0.717) is 5.92 Å². The molecule has 27 heavy (non-hydrogen) atoms. The van der Waals surface area contributed by atoms with E-state index < -0.39 is 0 Å². The van der Waals surface area contributed by atoms with Gasteiger partial charge in [-0.1, -0.05) is 6.07 Å². The van der Waals surface area contributed by atoms with Crippen LogP contribution in [0.2, 0.25) is 0 Å². The molecule has 0 radical (unpaired) electrons. The third-order valence-corrected chi connectivity index (χ3v) is 5.17. The number of pyridine rings is 1. The molecule has 0 aromatic carbocycles. The van der Waals surface area contributed by atoms with E-state index in [0.717, 1.165) is 55.4 Å². The SMILES string of the molecule is Cc1cccnc1Nc1nccnc1[C@@H]1CCCN(Cc2ccnn2C)C1. The minimum absolute atomic E-state index is 0.354. The molecular formula is C20H25N7. The summed E-state index contributed by atoms with van der Waals surface area (Å²) in [5.74, 6) is 2.00. The molecule has 0 unspecified atom stereocenters. The number of hydrogen-bond donors (Lipinski definition) is 1. The summed E-state index contributed by atoms with van der Waals surface area (Å²) in [6.07, 6.45) is 9.45. The van der Waals surface area contributed by atoms with Crippen molar-refractivity contribution in [2.24, 2.45) is 7.05 Å². The number of piperidine rings is 1. The van der Waals surface area contributed by atoms with Crippen molar-refractivity contribution in [1.82, 2.24) is 29.6 Å². The molecule has 0 saturated carbocycles. The zero-order valence-corrected chi connectivity index (χ0v) is 15.8. The smallest absolute Gasteiger partial charge is 0.153 e. The highest BCUT2D eigenvalue weighted by Gasteiger charge is 2.25. The summed E-state index contributed by atoms with van der Waals surface area (Å²) in [6, 6.07) is 6.07. The van der Waals surface area contributed by atoms with E-state index in [1.54, 1.807) is 18.6 Å². The third kappa shape index (κ3) is 3.98. The van der Waals surface area contributed by atoms with Crippen molar-refractivity contribution in [2.75, 3.05) is 18.4 Å². The molecule has 0 amide bonds. The molecule has 1 aliphatic rings. The Morgan fingerprint density at radius 3 is 2.74 bits per heavy atom. The quantitative estimate of drug-likeness (QED) is 0.751. The lowest BCUT2D eigenvalue weighted by Gasteiger charge is -2.32. The molecule has 1 fully saturated rings. The largest absolute Gasteiger partial charge is 0.323 e. The zero-order valence-electron chi connectivity index (χ0n) is 15.8. The van der Waals surface area contributed by atoms with Gasteiger partial charge in [-0.3, -0.25) is 14.6 Å². The normalized spacial score (nSPS) is 17.8. The fourth-order valence-corrected chi connectivity index (χ4v) is 3.68. The highest BCUT2D eigenvalue weighted by molar-refractivity contribution is 5.57. The van der Waals surface area contributed by atoms with E-state index in [9.17, 15) is 0 Å². The molecule has 140 valence electrons. The lowest BCUT2D eigenvalue weighted by Crippen LogP contribution is -2.35. The van der Waals surface area contributed by atoms with Crippen molar-refractivity contribution >= 4 is 11.6 Å². The summed E-state index contributed by atoms with van der Waals surface area (Å²) < 4.78 is 1.95. The van der Waals surface area contributed by atoms with Gasteiger partial charge in [-0.25, -0.2) is 9.97 Å². The van der Waals surface area contributed by atoms with Crippen molar-refractivity contribution in [3.8, 4) is 0 Å². The first-order valence-electron chi connectivity index (χ1n) is 9.39. The van der Waals surface area contributed by atoms with Crippen molar-refractivity contribution < 1.29 is 0 Å². The number of aryl methyl sites for hydroxylation is 2. The van der Waals surface area contributed by atoms with Crippen LogP contribution in [0.25, 0.3) is 0 Å². The molecule has 4 heterocycles. The Balaban J connectivity index is 1.52. The first-order chi connectivity index (χ1) is 13.2. The van der Waals surface area contributed by atoms with E-state index in [1.165, 1.54) is 5.69 Å². The molecule has 7 heteroatoms. The highest BCUT2D eigenvalue weighted by Crippen LogP contribution is 2.31. The molecule has 4 rings (SSSR count). The van der Waals surface area contributed by atoms with Gasteiger partial charge in [0.15, 0.2) is 5.82 Å². The van der Waals surface area contributed by atoms with Gasteiger partial charge in [-0.2, -0.15) is 5.10 Å². The molecule has 1 saturated heterocycles. The monoisotopic (exact) mass is 363 g/mol. The minimum atomic E-state index is 0.354. The van der Waals surface area contributed by atoms with Gasteiger partial charge in [-0.15, -0.1) is 0 Å². The number of aromatic nitrogens is 5. The Hall–Kier alpha value is -2.80. The first kappa shape index (κ1) is 17.6. The van der Waals surface area contributed by atoms with Crippen molar-refractivity contribution in [1.29, 1.82) is 0 Å². The van der Waals surface area contributed by atoms with Gasteiger partial charge < -0.3 is 5.32 Å². The second-order valence-corrected chi connectivity index (χ2v) is 7.10. The van der Waals surface area contributed by atoms with Crippen LogP contribution in [0, 0.1) is 6.92 Å². The van der Waals surface area contributed by atoms with Crippen molar-refractivity contribution in [2.45, 2.75) is 32.2 Å². The predicted octanol–water partition coefficient (Wildman–Crippen LogP) is 3.04. The number of anilines is 2. The minimum Gasteiger partial charge on any atom is -0.323 e. The predicted molar refractivity (Wildman–Crippen MR) is 105 cm³/mol. The molecule has 0 aliphatic carbocycles. The third-order valence-electron chi connectivity index (χ3n) is 5.17. The summed E-state index contributed by atoms with van der Waals surface area (Å²) in [4.78, 5) is 16.2. The van der Waals surface area contributed by atoms with E-state index in [-0.39, 0.29) is 0 Å². The molecule has 0 spiro atoms. The van der Waals surface area contributed by atoms with Gasteiger partial charge in [0.2, 0.25) is 0 Å².